The summed E-state index contributed by atoms with van der Waals surface area (Å²) in [5.74, 6) is -0.696. The zero-order valence-corrected chi connectivity index (χ0v) is 35.2. The highest BCUT2D eigenvalue weighted by Crippen LogP contribution is 2.23. The van der Waals surface area contributed by atoms with Gasteiger partial charge < -0.3 is 50.5 Å². The van der Waals surface area contributed by atoms with Crippen LogP contribution in [0.3, 0.4) is 0 Å². The molecule has 9 unspecified atom stereocenters. The van der Waals surface area contributed by atoms with Crippen molar-refractivity contribution in [2.24, 2.45) is 0 Å². The van der Waals surface area contributed by atoms with E-state index in [1.807, 2.05) is 0 Å². The quantitative estimate of drug-likeness (QED) is 0.0300. The van der Waals surface area contributed by atoms with Crippen LogP contribution in [0.5, 0.6) is 0 Å². The number of rotatable bonds is 38. The van der Waals surface area contributed by atoms with E-state index in [1.54, 1.807) is 0 Å². The van der Waals surface area contributed by atoms with Crippen molar-refractivity contribution in [1.29, 1.82) is 0 Å². The van der Waals surface area contributed by atoms with Crippen molar-refractivity contribution in [3.8, 4) is 0 Å². The van der Waals surface area contributed by atoms with E-state index in [1.165, 1.54) is 128 Å². The standard InChI is InChI=1S/C44H87NO10/c1-3-5-7-9-11-13-14-15-16-17-18-19-20-21-22-23-24-26-28-30-32-37(48)43(53)45-35(34-54-44-42(52)41(51)40(50)38(33-46)55-44)39(49)36(47)31-29-27-25-12-10-8-6-4-2/h35-42,44,46-52H,3-34H2,1-2H3,(H,45,53). The van der Waals surface area contributed by atoms with Crippen LogP contribution in [0.1, 0.15) is 206 Å². The molecule has 0 aromatic heterocycles. The van der Waals surface area contributed by atoms with E-state index in [0.29, 0.717) is 19.3 Å². The monoisotopic (exact) mass is 790 g/mol. The molecule has 11 heteroatoms. The number of aliphatic hydroxyl groups excluding tert-OH is 7. The Kier molecular flexibility index (Phi) is 33.3. The molecule has 0 aromatic carbocycles. The molecule has 0 aromatic rings. The molecule has 328 valence electrons. The number of nitrogens with one attached hydrogen (secondary N) is 1. The maximum absolute atomic E-state index is 13.0. The van der Waals surface area contributed by atoms with Gasteiger partial charge in [0.05, 0.1) is 25.4 Å². The summed E-state index contributed by atoms with van der Waals surface area (Å²) in [5.41, 5.74) is 0. The number of aliphatic hydroxyl groups is 7. The van der Waals surface area contributed by atoms with E-state index in [4.69, 9.17) is 9.47 Å². The van der Waals surface area contributed by atoms with Crippen LogP contribution >= 0.6 is 0 Å². The van der Waals surface area contributed by atoms with Gasteiger partial charge in [-0.1, -0.05) is 194 Å². The number of hydrogen-bond donors (Lipinski definition) is 8. The fraction of sp³-hybridized carbons (Fsp3) is 0.977. The molecule has 11 nitrogen and oxygen atoms in total. The van der Waals surface area contributed by atoms with Crippen molar-refractivity contribution in [3.05, 3.63) is 0 Å². The summed E-state index contributed by atoms with van der Waals surface area (Å²) >= 11 is 0. The summed E-state index contributed by atoms with van der Waals surface area (Å²) in [6, 6.07) is -1.16. The van der Waals surface area contributed by atoms with Crippen LogP contribution in [-0.4, -0.2) is 110 Å². The molecule has 0 bridgehead atoms. The number of carbonyl (C=O) groups is 1. The molecule has 1 heterocycles. The molecule has 0 spiro atoms. The van der Waals surface area contributed by atoms with Gasteiger partial charge in [-0.15, -0.1) is 0 Å². The first-order chi connectivity index (χ1) is 26.7. The van der Waals surface area contributed by atoms with Crippen LogP contribution in [0.25, 0.3) is 0 Å². The number of unbranched alkanes of at least 4 members (excludes halogenated alkanes) is 26. The number of amides is 1. The molecular formula is C44H87NO10. The fourth-order valence-electron chi connectivity index (χ4n) is 7.56. The van der Waals surface area contributed by atoms with Crippen LogP contribution in [0.15, 0.2) is 0 Å². The van der Waals surface area contributed by atoms with Gasteiger partial charge in [-0.3, -0.25) is 4.79 Å². The zero-order valence-electron chi connectivity index (χ0n) is 35.2. The topological polar surface area (TPSA) is 189 Å². The van der Waals surface area contributed by atoms with Crippen LogP contribution in [-0.2, 0) is 14.3 Å². The first-order valence-electron chi connectivity index (χ1n) is 22.9. The van der Waals surface area contributed by atoms with E-state index in [-0.39, 0.29) is 6.42 Å². The first kappa shape index (κ1) is 52.1. The second-order valence-corrected chi connectivity index (χ2v) is 16.5. The van der Waals surface area contributed by atoms with E-state index in [0.717, 1.165) is 38.5 Å². The van der Waals surface area contributed by atoms with Gasteiger partial charge in [0.2, 0.25) is 5.91 Å². The lowest BCUT2D eigenvalue weighted by Crippen LogP contribution is -2.60. The zero-order chi connectivity index (χ0) is 40.5. The third kappa shape index (κ3) is 25.3. The summed E-state index contributed by atoms with van der Waals surface area (Å²) in [7, 11) is 0. The molecule has 1 rings (SSSR count). The molecule has 55 heavy (non-hydrogen) atoms. The summed E-state index contributed by atoms with van der Waals surface area (Å²) in [5, 5.41) is 75.3. The van der Waals surface area contributed by atoms with Gasteiger partial charge in [-0.2, -0.15) is 0 Å². The Morgan fingerprint density at radius 3 is 1.35 bits per heavy atom. The van der Waals surface area contributed by atoms with Crippen LogP contribution in [0.4, 0.5) is 0 Å². The Morgan fingerprint density at radius 2 is 0.945 bits per heavy atom. The Bertz CT molecular complexity index is 866. The van der Waals surface area contributed by atoms with Crippen LogP contribution in [0.2, 0.25) is 0 Å². The number of hydrogen-bond acceptors (Lipinski definition) is 10. The maximum atomic E-state index is 13.0. The van der Waals surface area contributed by atoms with E-state index in [9.17, 15) is 40.5 Å². The van der Waals surface area contributed by atoms with Crippen molar-refractivity contribution >= 4 is 5.91 Å². The number of carbonyl (C=O) groups excluding carboxylic acids is 1. The SMILES string of the molecule is CCCCCCCCCCCCCCCCCCCCCCC(O)C(=O)NC(COC1OC(CO)C(O)C(O)C1O)C(O)C(O)CCCCCCCCCC. The van der Waals surface area contributed by atoms with Crippen LogP contribution in [0, 0.1) is 0 Å². The summed E-state index contributed by atoms with van der Waals surface area (Å²) in [6.07, 6.45) is 23.2. The summed E-state index contributed by atoms with van der Waals surface area (Å²) in [6.45, 7) is 3.40. The molecule has 1 aliphatic heterocycles. The first-order valence-corrected chi connectivity index (χ1v) is 22.9. The predicted molar refractivity (Wildman–Crippen MR) is 220 cm³/mol. The summed E-state index contributed by atoms with van der Waals surface area (Å²) < 4.78 is 11.0. The molecule has 1 aliphatic rings. The molecule has 0 radical (unpaired) electrons. The molecule has 0 saturated carbocycles. The minimum atomic E-state index is -1.65. The van der Waals surface area contributed by atoms with E-state index < -0.39 is 74.2 Å². The molecule has 9 atom stereocenters. The molecule has 1 amide bonds. The molecule has 1 saturated heterocycles. The minimum absolute atomic E-state index is 0.266. The lowest BCUT2D eigenvalue weighted by atomic mass is 9.98. The summed E-state index contributed by atoms with van der Waals surface area (Å²) in [4.78, 5) is 13.0. The van der Waals surface area contributed by atoms with Gasteiger partial charge >= 0.3 is 0 Å². The second kappa shape index (κ2) is 35.1. The lowest BCUT2D eigenvalue weighted by Gasteiger charge is -2.40. The predicted octanol–water partition coefficient (Wildman–Crippen LogP) is 7.11. The molecule has 1 fully saturated rings. The van der Waals surface area contributed by atoms with Crippen molar-refractivity contribution in [3.63, 3.8) is 0 Å². The Hall–Kier alpha value is -0.890. The highest BCUT2D eigenvalue weighted by atomic mass is 16.7. The minimum Gasteiger partial charge on any atom is -0.394 e. The van der Waals surface area contributed by atoms with Crippen molar-refractivity contribution in [2.75, 3.05) is 13.2 Å². The normalized spacial score (nSPS) is 22.4. The van der Waals surface area contributed by atoms with Gasteiger partial charge in [0.25, 0.3) is 0 Å². The van der Waals surface area contributed by atoms with Crippen molar-refractivity contribution < 1.29 is 50.0 Å². The van der Waals surface area contributed by atoms with Gasteiger partial charge in [0.1, 0.15) is 36.6 Å². The smallest absolute Gasteiger partial charge is 0.249 e. The van der Waals surface area contributed by atoms with E-state index >= 15 is 0 Å². The van der Waals surface area contributed by atoms with Crippen molar-refractivity contribution in [1.82, 2.24) is 5.32 Å². The molecule has 8 N–H and O–H groups in total. The third-order valence-corrected chi connectivity index (χ3v) is 11.4. The Morgan fingerprint density at radius 1 is 0.564 bits per heavy atom. The Balaban J connectivity index is 2.36. The average Bonchev–Trinajstić information content (AvgIpc) is 3.18. The van der Waals surface area contributed by atoms with Gasteiger partial charge in [-0.25, -0.2) is 0 Å². The van der Waals surface area contributed by atoms with Gasteiger partial charge in [0, 0.05) is 0 Å². The Labute approximate surface area is 335 Å². The molecular weight excluding hydrogens is 702 g/mol. The highest BCUT2D eigenvalue weighted by molar-refractivity contribution is 5.80. The second-order valence-electron chi connectivity index (χ2n) is 16.5. The largest absolute Gasteiger partial charge is 0.394 e. The van der Waals surface area contributed by atoms with E-state index in [2.05, 4.69) is 19.2 Å². The van der Waals surface area contributed by atoms with Crippen LogP contribution < -0.4 is 5.32 Å². The maximum Gasteiger partial charge on any atom is 0.249 e. The highest BCUT2D eigenvalue weighted by Gasteiger charge is 2.44. The third-order valence-electron chi connectivity index (χ3n) is 11.4. The van der Waals surface area contributed by atoms with Gasteiger partial charge in [0.15, 0.2) is 6.29 Å². The lowest BCUT2D eigenvalue weighted by molar-refractivity contribution is -0.303. The average molecular weight is 790 g/mol. The molecule has 0 aliphatic carbocycles. The fourth-order valence-corrected chi connectivity index (χ4v) is 7.56. The van der Waals surface area contributed by atoms with Crippen molar-refractivity contribution in [2.45, 2.75) is 262 Å². The number of ether oxygens (including phenoxy) is 2. The van der Waals surface area contributed by atoms with Gasteiger partial charge in [-0.05, 0) is 12.8 Å².